The molecule has 3 amide bonds. The Morgan fingerprint density at radius 2 is 2.04 bits per heavy atom. The number of benzene rings is 1. The van der Waals surface area contributed by atoms with Crippen molar-refractivity contribution in [1.29, 1.82) is 0 Å². The number of rotatable bonds is 6. The van der Waals surface area contributed by atoms with E-state index in [4.69, 9.17) is 4.74 Å². The summed E-state index contributed by atoms with van der Waals surface area (Å²) >= 11 is 0. The van der Waals surface area contributed by atoms with Crippen LogP contribution in [0.3, 0.4) is 0 Å². The number of amides is 3. The second-order valence-electron chi connectivity index (χ2n) is 5.75. The molecule has 1 aromatic heterocycles. The molecule has 1 saturated heterocycles. The predicted molar refractivity (Wildman–Crippen MR) is 93.4 cm³/mol. The molecule has 2 N–H and O–H groups in total. The SMILES string of the molecule is CCCn1nccc1NC(=O)Nc1ccc(CN2CCOC2=O)cc1. The number of anilines is 2. The number of cyclic esters (lactones) is 1. The van der Waals surface area contributed by atoms with Gasteiger partial charge in [0.15, 0.2) is 0 Å². The minimum Gasteiger partial charge on any atom is -0.448 e. The molecule has 0 aliphatic carbocycles. The maximum absolute atomic E-state index is 12.1. The number of carbonyl (C=O) groups is 2. The average molecular weight is 343 g/mol. The first-order valence-electron chi connectivity index (χ1n) is 8.26. The number of nitrogens with zero attached hydrogens (tertiary/aromatic N) is 3. The number of nitrogens with one attached hydrogen (secondary N) is 2. The van der Waals surface area contributed by atoms with Crippen molar-refractivity contribution in [3.05, 3.63) is 42.1 Å². The molecule has 0 atom stereocenters. The maximum atomic E-state index is 12.1. The lowest BCUT2D eigenvalue weighted by Gasteiger charge is -2.13. The van der Waals surface area contributed by atoms with Crippen LogP contribution in [0.5, 0.6) is 0 Å². The third kappa shape index (κ3) is 4.28. The van der Waals surface area contributed by atoms with E-state index in [9.17, 15) is 9.59 Å². The van der Waals surface area contributed by atoms with Gasteiger partial charge in [0.25, 0.3) is 0 Å². The smallest absolute Gasteiger partial charge is 0.410 e. The van der Waals surface area contributed by atoms with Crippen LogP contribution < -0.4 is 10.6 Å². The first kappa shape index (κ1) is 16.8. The normalized spacial score (nSPS) is 13.6. The van der Waals surface area contributed by atoms with Crippen LogP contribution in [-0.2, 0) is 17.8 Å². The minimum atomic E-state index is -0.325. The second kappa shape index (κ2) is 7.69. The summed E-state index contributed by atoms with van der Waals surface area (Å²) in [5.41, 5.74) is 1.65. The molecule has 2 heterocycles. The highest BCUT2D eigenvalue weighted by atomic mass is 16.6. The number of hydrogen-bond donors (Lipinski definition) is 2. The maximum Gasteiger partial charge on any atom is 0.410 e. The highest BCUT2D eigenvalue weighted by molar-refractivity contribution is 5.99. The van der Waals surface area contributed by atoms with Crippen molar-refractivity contribution < 1.29 is 14.3 Å². The molecule has 8 heteroatoms. The average Bonchev–Trinajstić information content (AvgIpc) is 3.19. The Balaban J connectivity index is 1.54. The Bertz CT molecular complexity index is 741. The molecule has 132 valence electrons. The summed E-state index contributed by atoms with van der Waals surface area (Å²) in [6, 6.07) is 8.80. The molecule has 8 nitrogen and oxygen atoms in total. The highest BCUT2D eigenvalue weighted by Crippen LogP contribution is 2.15. The molecule has 25 heavy (non-hydrogen) atoms. The summed E-state index contributed by atoms with van der Waals surface area (Å²) < 4.78 is 6.65. The van der Waals surface area contributed by atoms with Gasteiger partial charge in [-0.15, -0.1) is 0 Å². The van der Waals surface area contributed by atoms with E-state index in [1.165, 1.54) is 0 Å². The number of ether oxygens (including phenoxy) is 1. The summed E-state index contributed by atoms with van der Waals surface area (Å²) in [4.78, 5) is 25.2. The fraction of sp³-hybridized carbons (Fsp3) is 0.353. The van der Waals surface area contributed by atoms with Crippen LogP contribution in [-0.4, -0.2) is 40.0 Å². The van der Waals surface area contributed by atoms with Crippen molar-refractivity contribution in [1.82, 2.24) is 14.7 Å². The summed E-state index contributed by atoms with van der Waals surface area (Å²) in [7, 11) is 0. The van der Waals surface area contributed by atoms with Crippen LogP contribution >= 0.6 is 0 Å². The topological polar surface area (TPSA) is 88.5 Å². The fourth-order valence-electron chi connectivity index (χ4n) is 2.59. The van der Waals surface area contributed by atoms with E-state index in [-0.39, 0.29) is 12.1 Å². The quantitative estimate of drug-likeness (QED) is 0.844. The Labute approximate surface area is 145 Å². The van der Waals surface area contributed by atoms with E-state index in [2.05, 4.69) is 22.7 Å². The predicted octanol–water partition coefficient (Wildman–Crippen LogP) is 2.89. The van der Waals surface area contributed by atoms with Gasteiger partial charge in [-0.3, -0.25) is 5.32 Å². The van der Waals surface area contributed by atoms with Crippen LogP contribution in [0, 0.1) is 0 Å². The number of carbonyl (C=O) groups excluding carboxylic acids is 2. The summed E-state index contributed by atoms with van der Waals surface area (Å²) in [6.45, 7) is 4.34. The molecule has 0 unspecified atom stereocenters. The van der Waals surface area contributed by atoms with E-state index in [0.717, 1.165) is 18.5 Å². The lowest BCUT2D eigenvalue weighted by Crippen LogP contribution is -2.23. The molecule has 0 saturated carbocycles. The molecular formula is C17H21N5O3. The zero-order valence-electron chi connectivity index (χ0n) is 14.1. The van der Waals surface area contributed by atoms with E-state index in [1.54, 1.807) is 34.0 Å². The van der Waals surface area contributed by atoms with Gasteiger partial charge >= 0.3 is 12.1 Å². The van der Waals surface area contributed by atoms with Gasteiger partial charge in [-0.1, -0.05) is 19.1 Å². The van der Waals surface area contributed by atoms with Gasteiger partial charge in [-0.25, -0.2) is 14.3 Å². The van der Waals surface area contributed by atoms with Crippen LogP contribution in [0.1, 0.15) is 18.9 Å². The molecule has 2 aromatic rings. The van der Waals surface area contributed by atoms with Gasteiger partial charge in [0.1, 0.15) is 12.4 Å². The van der Waals surface area contributed by atoms with Crippen molar-refractivity contribution in [2.45, 2.75) is 26.4 Å². The van der Waals surface area contributed by atoms with Crippen molar-refractivity contribution >= 4 is 23.6 Å². The first-order valence-corrected chi connectivity index (χ1v) is 8.26. The molecule has 0 radical (unpaired) electrons. The first-order chi connectivity index (χ1) is 12.2. The van der Waals surface area contributed by atoms with Gasteiger partial charge in [0.05, 0.1) is 12.7 Å². The van der Waals surface area contributed by atoms with Gasteiger partial charge in [-0.2, -0.15) is 5.10 Å². The monoisotopic (exact) mass is 343 g/mol. The number of hydrogen-bond acceptors (Lipinski definition) is 4. The summed E-state index contributed by atoms with van der Waals surface area (Å²) in [5.74, 6) is 0.656. The van der Waals surface area contributed by atoms with Gasteiger partial charge in [0.2, 0.25) is 0 Å². The Morgan fingerprint density at radius 3 is 2.72 bits per heavy atom. The molecule has 1 aliphatic heterocycles. The molecule has 1 aliphatic rings. The zero-order valence-corrected chi connectivity index (χ0v) is 14.1. The molecule has 3 rings (SSSR count). The van der Waals surface area contributed by atoms with Crippen molar-refractivity contribution in [2.75, 3.05) is 23.8 Å². The third-order valence-electron chi connectivity index (χ3n) is 3.82. The van der Waals surface area contributed by atoms with Crippen LogP contribution in [0.2, 0.25) is 0 Å². The summed E-state index contributed by atoms with van der Waals surface area (Å²) in [6.07, 6.45) is 2.30. The molecule has 1 aromatic carbocycles. The highest BCUT2D eigenvalue weighted by Gasteiger charge is 2.21. The Hall–Kier alpha value is -3.03. The van der Waals surface area contributed by atoms with E-state index in [1.807, 2.05) is 12.1 Å². The van der Waals surface area contributed by atoms with Crippen molar-refractivity contribution in [3.63, 3.8) is 0 Å². The lowest BCUT2D eigenvalue weighted by molar-refractivity contribution is 0.157. The van der Waals surface area contributed by atoms with Crippen molar-refractivity contribution in [2.24, 2.45) is 0 Å². The third-order valence-corrected chi connectivity index (χ3v) is 3.82. The Kier molecular flexibility index (Phi) is 5.17. The molecule has 0 bridgehead atoms. The number of aromatic nitrogens is 2. The van der Waals surface area contributed by atoms with Crippen LogP contribution in [0.15, 0.2) is 36.5 Å². The summed E-state index contributed by atoms with van der Waals surface area (Å²) in [5, 5.41) is 9.73. The molecule has 0 spiro atoms. The van der Waals surface area contributed by atoms with Crippen LogP contribution in [0.25, 0.3) is 0 Å². The second-order valence-corrected chi connectivity index (χ2v) is 5.75. The standard InChI is InChI=1S/C17H21N5O3/c1-2-9-22-15(7-8-18-22)20-16(23)19-14-5-3-13(4-6-14)12-21-10-11-25-17(21)24/h3-8H,2,9-12H2,1H3,(H2,19,20,23). The molecular weight excluding hydrogens is 322 g/mol. The van der Waals surface area contributed by atoms with Gasteiger partial charge < -0.3 is 15.0 Å². The fourth-order valence-corrected chi connectivity index (χ4v) is 2.59. The number of urea groups is 1. The van der Waals surface area contributed by atoms with Crippen molar-refractivity contribution in [3.8, 4) is 0 Å². The van der Waals surface area contributed by atoms with E-state index in [0.29, 0.717) is 31.2 Å². The minimum absolute atomic E-state index is 0.287. The lowest BCUT2D eigenvalue weighted by atomic mass is 10.2. The largest absolute Gasteiger partial charge is 0.448 e. The van der Waals surface area contributed by atoms with E-state index >= 15 is 0 Å². The zero-order chi connectivity index (χ0) is 17.6. The van der Waals surface area contributed by atoms with Crippen LogP contribution in [0.4, 0.5) is 21.1 Å². The van der Waals surface area contributed by atoms with Gasteiger partial charge in [-0.05, 0) is 24.1 Å². The van der Waals surface area contributed by atoms with E-state index < -0.39 is 0 Å². The molecule has 1 fully saturated rings. The Morgan fingerprint density at radius 1 is 1.24 bits per heavy atom. The van der Waals surface area contributed by atoms with Gasteiger partial charge in [0, 0.05) is 24.8 Å². The number of aryl methyl sites for hydroxylation is 1.